The molecule has 1 saturated heterocycles. The lowest BCUT2D eigenvalue weighted by atomic mass is 9.99. The van der Waals surface area contributed by atoms with Crippen molar-refractivity contribution in [3.8, 4) is 11.1 Å². The predicted octanol–water partition coefficient (Wildman–Crippen LogP) is 8.17. The third-order valence-corrected chi connectivity index (χ3v) is 9.88. The molecule has 0 radical (unpaired) electrons. The second-order valence-electron chi connectivity index (χ2n) is 12.0. The number of halogens is 5. The molecule has 1 unspecified atom stereocenters. The number of carbonyl (C=O) groups excluding carboxylic acids is 1. The van der Waals surface area contributed by atoms with Gasteiger partial charge in [0.05, 0.1) is 5.56 Å². The first kappa shape index (κ1) is 38.0. The fraction of sp³-hybridized carbons (Fsp3) is 0.444. The van der Waals surface area contributed by atoms with Gasteiger partial charge < -0.3 is 9.80 Å². The molecule has 1 amide bonds. The van der Waals surface area contributed by atoms with Crippen molar-refractivity contribution in [1.29, 1.82) is 0 Å². The van der Waals surface area contributed by atoms with Crippen LogP contribution in [0.3, 0.4) is 0 Å². The smallest absolute Gasteiger partial charge is 0.333 e. The number of amides is 1. The summed E-state index contributed by atoms with van der Waals surface area (Å²) in [5, 5.41) is 4.63. The minimum absolute atomic E-state index is 0.0158. The van der Waals surface area contributed by atoms with Crippen LogP contribution in [0.5, 0.6) is 0 Å². The number of rotatable bonds is 12. The molecule has 1 aromatic heterocycles. The van der Waals surface area contributed by atoms with Crippen molar-refractivity contribution in [2.75, 3.05) is 25.4 Å². The summed E-state index contributed by atoms with van der Waals surface area (Å²) in [4.78, 5) is 35.5. The Kier molecular flexibility index (Phi) is 12.9. The van der Waals surface area contributed by atoms with Crippen molar-refractivity contribution >= 4 is 17.7 Å². The number of benzene rings is 2. The number of likely N-dealkylation sites (tertiary alicyclic amines) is 1. The van der Waals surface area contributed by atoms with Crippen LogP contribution in [-0.2, 0) is 23.9 Å². The Morgan fingerprint density at radius 1 is 1.04 bits per heavy atom. The van der Waals surface area contributed by atoms with Gasteiger partial charge >= 0.3 is 6.18 Å². The molecule has 0 saturated carbocycles. The average Bonchev–Trinajstić information content (AvgIpc) is 3.11. The Morgan fingerprint density at radius 3 is 2.16 bits per heavy atom. The zero-order chi connectivity index (χ0) is 35.9. The fourth-order valence-electron chi connectivity index (χ4n) is 5.69. The van der Waals surface area contributed by atoms with Gasteiger partial charge in [-0.1, -0.05) is 62.0 Å². The van der Waals surface area contributed by atoms with Crippen LogP contribution in [0.2, 0.25) is 0 Å². The van der Waals surface area contributed by atoms with E-state index in [-0.39, 0.29) is 40.7 Å². The number of nitrogens with zero attached hydrogens (tertiary/aromatic N) is 5. The molecule has 4 rings (SSSR count). The molecule has 0 aliphatic carbocycles. The van der Waals surface area contributed by atoms with E-state index in [4.69, 9.17) is 0 Å². The zero-order valence-corrected chi connectivity index (χ0v) is 29.2. The van der Waals surface area contributed by atoms with Crippen LogP contribution in [0.4, 0.5) is 22.0 Å². The van der Waals surface area contributed by atoms with Crippen molar-refractivity contribution in [2.45, 2.75) is 83.8 Å². The number of aryl methyl sites for hydroxylation is 1. The van der Waals surface area contributed by atoms with Crippen LogP contribution < -0.4 is 5.56 Å². The van der Waals surface area contributed by atoms with Gasteiger partial charge in [-0.15, -0.1) is 0 Å². The van der Waals surface area contributed by atoms with Gasteiger partial charge in [0.2, 0.25) is 5.91 Å². The number of aromatic nitrogens is 3. The molecule has 0 N–H and O–H groups in total. The minimum atomic E-state index is -4.42. The van der Waals surface area contributed by atoms with Crippen LogP contribution in [0, 0.1) is 0 Å². The normalized spacial score (nSPS) is 16.0. The third-order valence-electron chi connectivity index (χ3n) is 8.76. The number of piperidine rings is 1. The standard InChI is InChI=1S/C36H42F5N5O2S/c1-6-30(37)32(38)23(4)22-49-35-42-33(47)31(7-2)43-46(35)24(5)34(48)45(29-17-19-44(8-3)20-18-29)21-25-9-11-26(12-10-25)27-13-15-28(16-14-27)36(39,40)41/h6,9-16,24,29H,7-8,17-22H2,1-5H3/b30-6+,32-23-. The Hall–Kier alpha value is -3.84. The van der Waals surface area contributed by atoms with Crippen LogP contribution in [0.1, 0.15) is 70.3 Å². The van der Waals surface area contributed by atoms with E-state index in [0.29, 0.717) is 12.0 Å². The SMILES string of the molecule is C/C=C(F)\C(F)=C(/C)CSc1nc(=O)c(CC)nn1C(C)C(=O)N(Cc1ccc(-c2ccc(C(F)(F)F)cc2)cc1)C1CCN(CC)CC1. The molecule has 1 fully saturated rings. The van der Waals surface area contributed by atoms with Gasteiger partial charge in [-0.25, -0.2) is 13.5 Å². The van der Waals surface area contributed by atoms with Gasteiger partial charge in [0.25, 0.3) is 5.56 Å². The predicted molar refractivity (Wildman–Crippen MR) is 182 cm³/mol. The summed E-state index contributed by atoms with van der Waals surface area (Å²) in [6.07, 6.45) is -1.58. The zero-order valence-electron chi connectivity index (χ0n) is 28.4. The molecule has 1 aliphatic rings. The molecule has 0 spiro atoms. The van der Waals surface area contributed by atoms with E-state index in [1.165, 1.54) is 30.7 Å². The van der Waals surface area contributed by atoms with Crippen LogP contribution >= 0.6 is 11.8 Å². The van der Waals surface area contributed by atoms with E-state index in [0.717, 1.165) is 73.6 Å². The monoisotopic (exact) mass is 703 g/mol. The van der Waals surface area contributed by atoms with E-state index in [1.54, 1.807) is 13.8 Å². The highest BCUT2D eigenvalue weighted by Gasteiger charge is 2.33. The summed E-state index contributed by atoms with van der Waals surface area (Å²) >= 11 is 1.00. The lowest BCUT2D eigenvalue weighted by Crippen LogP contribution is -2.49. The molecule has 1 aliphatic heterocycles. The summed E-state index contributed by atoms with van der Waals surface area (Å²) in [5.74, 6) is -2.22. The Morgan fingerprint density at radius 2 is 1.63 bits per heavy atom. The summed E-state index contributed by atoms with van der Waals surface area (Å²) in [5.41, 5.74) is 1.26. The summed E-state index contributed by atoms with van der Waals surface area (Å²) in [6.45, 7) is 11.2. The quantitative estimate of drug-likeness (QED) is 0.108. The summed E-state index contributed by atoms with van der Waals surface area (Å²) in [6, 6.07) is 11.4. The maximum absolute atomic E-state index is 14.4. The first-order valence-corrected chi connectivity index (χ1v) is 17.3. The van der Waals surface area contributed by atoms with Crippen molar-refractivity contribution in [2.24, 2.45) is 0 Å². The summed E-state index contributed by atoms with van der Waals surface area (Å²) in [7, 11) is 0. The molecule has 13 heteroatoms. The third kappa shape index (κ3) is 9.45. The fourth-order valence-corrected chi connectivity index (χ4v) is 6.64. The van der Waals surface area contributed by atoms with Crippen LogP contribution in [0.25, 0.3) is 11.1 Å². The van der Waals surface area contributed by atoms with Gasteiger partial charge in [-0.2, -0.15) is 23.3 Å². The van der Waals surface area contributed by atoms with Crippen molar-refractivity contribution in [1.82, 2.24) is 24.6 Å². The van der Waals surface area contributed by atoms with Crippen molar-refractivity contribution in [3.63, 3.8) is 0 Å². The van der Waals surface area contributed by atoms with Gasteiger partial charge in [0.15, 0.2) is 16.8 Å². The highest BCUT2D eigenvalue weighted by molar-refractivity contribution is 7.99. The van der Waals surface area contributed by atoms with E-state index >= 15 is 0 Å². The molecule has 2 aromatic carbocycles. The number of hydrogen-bond acceptors (Lipinski definition) is 6. The van der Waals surface area contributed by atoms with E-state index in [1.807, 2.05) is 29.2 Å². The Bertz CT molecular complexity index is 1710. The Balaban J connectivity index is 1.64. The largest absolute Gasteiger partial charge is 0.416 e. The van der Waals surface area contributed by atoms with Crippen molar-refractivity contribution < 1.29 is 26.7 Å². The lowest BCUT2D eigenvalue weighted by molar-refractivity contribution is -0.139. The topological polar surface area (TPSA) is 71.3 Å². The van der Waals surface area contributed by atoms with E-state index in [9.17, 15) is 31.5 Å². The highest BCUT2D eigenvalue weighted by atomic mass is 32.2. The van der Waals surface area contributed by atoms with Crippen LogP contribution in [0.15, 0.2) is 81.8 Å². The second-order valence-corrected chi connectivity index (χ2v) is 13.0. The van der Waals surface area contributed by atoms with Gasteiger partial charge in [-0.3, -0.25) is 9.59 Å². The molecular weight excluding hydrogens is 661 g/mol. The maximum Gasteiger partial charge on any atom is 0.416 e. The number of alkyl halides is 3. The number of allylic oxidation sites excluding steroid dienone is 3. The van der Waals surface area contributed by atoms with E-state index in [2.05, 4.69) is 21.9 Å². The van der Waals surface area contributed by atoms with Gasteiger partial charge in [0.1, 0.15) is 11.7 Å². The molecule has 1 atom stereocenters. The molecule has 2 heterocycles. The minimum Gasteiger partial charge on any atom is -0.333 e. The van der Waals surface area contributed by atoms with Crippen molar-refractivity contribution in [3.05, 3.63) is 99.0 Å². The molecule has 0 bridgehead atoms. The molecular formula is C36H42F5N5O2S. The van der Waals surface area contributed by atoms with Crippen LogP contribution in [-0.4, -0.2) is 61.9 Å². The number of carbonyl (C=O) groups is 1. The molecule has 3 aromatic rings. The van der Waals surface area contributed by atoms with E-state index < -0.39 is 35.0 Å². The number of hydrogen-bond donors (Lipinski definition) is 0. The van der Waals surface area contributed by atoms with Gasteiger partial charge in [0, 0.05) is 31.4 Å². The summed E-state index contributed by atoms with van der Waals surface area (Å²) < 4.78 is 68.9. The first-order chi connectivity index (χ1) is 23.3. The highest BCUT2D eigenvalue weighted by Crippen LogP contribution is 2.32. The first-order valence-electron chi connectivity index (χ1n) is 16.4. The average molecular weight is 704 g/mol. The molecule has 264 valence electrons. The van der Waals surface area contributed by atoms with Gasteiger partial charge in [-0.05, 0) is 87.1 Å². The second kappa shape index (κ2) is 16.7. The Labute approximate surface area is 287 Å². The lowest BCUT2D eigenvalue weighted by Gasteiger charge is -2.39. The molecule has 7 nitrogen and oxygen atoms in total. The number of thioether (sulfide) groups is 1. The maximum atomic E-state index is 14.4. The molecule has 49 heavy (non-hydrogen) atoms.